The van der Waals surface area contributed by atoms with Crippen molar-refractivity contribution in [1.82, 2.24) is 19.9 Å². The van der Waals surface area contributed by atoms with E-state index in [0.29, 0.717) is 23.7 Å². The summed E-state index contributed by atoms with van der Waals surface area (Å²) >= 11 is 0. The summed E-state index contributed by atoms with van der Waals surface area (Å²) in [5.74, 6) is 0.566. The van der Waals surface area contributed by atoms with E-state index < -0.39 is 0 Å². The van der Waals surface area contributed by atoms with Gasteiger partial charge in [-0.05, 0) is 5.56 Å². The van der Waals surface area contributed by atoms with Crippen molar-refractivity contribution in [3.05, 3.63) is 42.2 Å². The van der Waals surface area contributed by atoms with E-state index in [1.54, 1.807) is 0 Å². The van der Waals surface area contributed by atoms with E-state index in [4.69, 9.17) is 10.5 Å². The summed E-state index contributed by atoms with van der Waals surface area (Å²) in [6.45, 7) is 0.422. The smallest absolute Gasteiger partial charge is 0.245 e. The summed E-state index contributed by atoms with van der Waals surface area (Å²) in [6, 6.07) is 9.83. The highest BCUT2D eigenvalue weighted by atomic mass is 16.5. The fourth-order valence-corrected chi connectivity index (χ4v) is 1.65. The van der Waals surface area contributed by atoms with Crippen molar-refractivity contribution < 1.29 is 10.2 Å². The highest BCUT2D eigenvalue weighted by Gasteiger charge is 2.09. The minimum Gasteiger partial charge on any atom is -0.471 e. The van der Waals surface area contributed by atoms with Gasteiger partial charge in [-0.2, -0.15) is 9.97 Å². The molecule has 19 heavy (non-hydrogen) atoms. The van der Waals surface area contributed by atoms with E-state index in [-0.39, 0.29) is 11.4 Å². The van der Waals surface area contributed by atoms with Gasteiger partial charge in [-0.15, -0.1) is 0 Å². The lowest BCUT2D eigenvalue weighted by Crippen LogP contribution is -2.02. The molecule has 0 aliphatic carbocycles. The summed E-state index contributed by atoms with van der Waals surface area (Å²) in [5, 5.41) is 0. The fraction of sp³-hybridized carbons (Fsp3) is 0.0833. The van der Waals surface area contributed by atoms with E-state index in [2.05, 4.69) is 19.9 Å². The molecule has 98 valence electrons. The molecule has 0 aliphatic rings. The molecule has 2 aromatic heterocycles. The Balaban J connectivity index is 0.00000133. The largest absolute Gasteiger partial charge is 0.471 e. The summed E-state index contributed by atoms with van der Waals surface area (Å²) in [7, 11) is 0. The minimum absolute atomic E-state index is 0. The van der Waals surface area contributed by atoms with Crippen molar-refractivity contribution in [2.24, 2.45) is 0 Å². The maximum atomic E-state index is 5.64. The molecule has 0 fully saturated rings. The number of nitrogens with one attached hydrogen (secondary N) is 1. The topological polar surface area (TPSA) is 121 Å². The van der Waals surface area contributed by atoms with Crippen LogP contribution in [-0.2, 0) is 6.61 Å². The Hall–Kier alpha value is -2.67. The van der Waals surface area contributed by atoms with E-state index in [1.165, 1.54) is 6.33 Å². The van der Waals surface area contributed by atoms with Gasteiger partial charge in [-0.25, -0.2) is 4.98 Å². The van der Waals surface area contributed by atoms with E-state index in [0.717, 1.165) is 5.56 Å². The predicted octanol–water partition coefficient (Wildman–Crippen LogP) is 0.689. The van der Waals surface area contributed by atoms with Gasteiger partial charge in [0.1, 0.15) is 12.1 Å². The average molecular weight is 259 g/mol. The number of hydrogen-bond acceptors (Lipinski definition) is 5. The third-order valence-electron chi connectivity index (χ3n) is 2.49. The molecular weight excluding hydrogens is 246 g/mol. The molecule has 0 amide bonds. The van der Waals surface area contributed by atoms with Gasteiger partial charge in [0, 0.05) is 0 Å². The zero-order chi connectivity index (χ0) is 12.4. The molecule has 0 unspecified atom stereocenters. The van der Waals surface area contributed by atoms with E-state index in [9.17, 15) is 0 Å². The van der Waals surface area contributed by atoms with Gasteiger partial charge in [-0.3, -0.25) is 0 Å². The van der Waals surface area contributed by atoms with Gasteiger partial charge in [-0.1, -0.05) is 30.3 Å². The van der Waals surface area contributed by atoms with Crippen LogP contribution in [0.1, 0.15) is 5.56 Å². The Morgan fingerprint density at radius 1 is 1.16 bits per heavy atom. The first kappa shape index (κ1) is 12.8. The number of aromatic amines is 1. The molecule has 2 heterocycles. The van der Waals surface area contributed by atoms with Crippen molar-refractivity contribution in [3.8, 4) is 5.88 Å². The second kappa shape index (κ2) is 5.32. The number of rotatable bonds is 3. The number of hydrogen-bond donors (Lipinski definition) is 2. The lowest BCUT2D eigenvalue weighted by Gasteiger charge is -2.06. The Bertz CT molecular complexity index is 668. The number of ether oxygens (including phenoxy) is 1. The van der Waals surface area contributed by atoms with Crippen molar-refractivity contribution in [2.75, 3.05) is 5.73 Å². The first-order valence-corrected chi connectivity index (χ1v) is 5.46. The van der Waals surface area contributed by atoms with Crippen LogP contribution in [0.5, 0.6) is 5.88 Å². The lowest BCUT2D eigenvalue weighted by atomic mass is 10.2. The van der Waals surface area contributed by atoms with Gasteiger partial charge in [0.05, 0.1) is 6.33 Å². The fourth-order valence-electron chi connectivity index (χ4n) is 1.65. The second-order valence-corrected chi connectivity index (χ2v) is 3.76. The van der Waals surface area contributed by atoms with Crippen LogP contribution in [0.15, 0.2) is 36.7 Å². The third-order valence-corrected chi connectivity index (χ3v) is 2.49. The van der Waals surface area contributed by atoms with Crippen LogP contribution in [0.25, 0.3) is 11.2 Å². The summed E-state index contributed by atoms with van der Waals surface area (Å²) in [6.07, 6.45) is 1.54. The molecule has 1 aromatic carbocycles. The number of imidazole rings is 1. The Morgan fingerprint density at radius 2 is 1.95 bits per heavy atom. The van der Waals surface area contributed by atoms with Gasteiger partial charge in [0.15, 0.2) is 5.65 Å². The Morgan fingerprint density at radius 3 is 2.74 bits per heavy atom. The average Bonchev–Trinajstić information content (AvgIpc) is 2.85. The number of aromatic nitrogens is 4. The van der Waals surface area contributed by atoms with Gasteiger partial charge >= 0.3 is 0 Å². The highest BCUT2D eigenvalue weighted by molar-refractivity contribution is 5.76. The molecule has 0 bridgehead atoms. The van der Waals surface area contributed by atoms with Gasteiger partial charge in [0.25, 0.3) is 0 Å². The molecule has 0 radical (unpaired) electrons. The number of benzene rings is 1. The maximum Gasteiger partial charge on any atom is 0.245 e. The van der Waals surface area contributed by atoms with Crippen LogP contribution in [0.3, 0.4) is 0 Å². The first-order valence-electron chi connectivity index (χ1n) is 5.46. The van der Waals surface area contributed by atoms with Gasteiger partial charge in [0.2, 0.25) is 11.8 Å². The molecule has 0 atom stereocenters. The van der Waals surface area contributed by atoms with Crippen molar-refractivity contribution in [1.29, 1.82) is 0 Å². The van der Waals surface area contributed by atoms with Crippen LogP contribution in [0.2, 0.25) is 0 Å². The number of nitrogen functional groups attached to an aromatic ring is 1. The molecule has 0 saturated heterocycles. The summed E-state index contributed by atoms with van der Waals surface area (Å²) in [4.78, 5) is 15.0. The van der Waals surface area contributed by atoms with Crippen molar-refractivity contribution >= 4 is 17.1 Å². The van der Waals surface area contributed by atoms with Crippen LogP contribution in [-0.4, -0.2) is 25.4 Å². The standard InChI is InChI=1S/C12H11N5O.H2O/c13-12-16-10-9(14-7-15-10)11(17-12)18-6-8-4-2-1-3-5-8;/h1-5,7H,6H2,(H3,13,14,15,16,17);1H2. The van der Waals surface area contributed by atoms with E-state index >= 15 is 0 Å². The molecule has 0 aliphatic heterocycles. The van der Waals surface area contributed by atoms with Gasteiger partial charge < -0.3 is 20.9 Å². The normalized spacial score (nSPS) is 10.1. The molecule has 7 heteroatoms. The van der Waals surface area contributed by atoms with Crippen LogP contribution >= 0.6 is 0 Å². The zero-order valence-corrected chi connectivity index (χ0v) is 10.00. The number of nitrogens with two attached hydrogens (primary N) is 1. The maximum absolute atomic E-state index is 5.64. The van der Waals surface area contributed by atoms with Crippen molar-refractivity contribution in [3.63, 3.8) is 0 Å². The number of anilines is 1. The molecular formula is C12H13N5O2. The molecule has 5 N–H and O–H groups in total. The number of fused-ring (bicyclic) bond motifs is 1. The minimum atomic E-state index is 0. The SMILES string of the molecule is Nc1nc(OCc2ccccc2)c2[nH]cnc2n1.O. The highest BCUT2D eigenvalue weighted by Crippen LogP contribution is 2.20. The van der Waals surface area contributed by atoms with Crippen LogP contribution in [0, 0.1) is 0 Å². The third kappa shape index (κ3) is 2.61. The van der Waals surface area contributed by atoms with Crippen molar-refractivity contribution in [2.45, 2.75) is 6.61 Å². The number of nitrogens with zero attached hydrogens (tertiary/aromatic N) is 3. The zero-order valence-electron chi connectivity index (χ0n) is 10.00. The number of H-pyrrole nitrogens is 1. The second-order valence-electron chi connectivity index (χ2n) is 3.76. The molecule has 3 rings (SSSR count). The Kier molecular flexibility index (Phi) is 3.58. The first-order chi connectivity index (χ1) is 8.83. The molecule has 0 saturated carbocycles. The summed E-state index contributed by atoms with van der Waals surface area (Å²) < 4.78 is 5.64. The molecule has 7 nitrogen and oxygen atoms in total. The van der Waals surface area contributed by atoms with Crippen LogP contribution in [0.4, 0.5) is 5.95 Å². The lowest BCUT2D eigenvalue weighted by molar-refractivity contribution is 0.297. The van der Waals surface area contributed by atoms with Crippen LogP contribution < -0.4 is 10.5 Å². The molecule has 3 aromatic rings. The van der Waals surface area contributed by atoms with E-state index in [1.807, 2.05) is 30.3 Å². The quantitative estimate of drug-likeness (QED) is 0.716. The predicted molar refractivity (Wildman–Crippen MR) is 70.5 cm³/mol. The Labute approximate surface area is 108 Å². The molecule has 0 spiro atoms. The monoisotopic (exact) mass is 259 g/mol. The summed E-state index contributed by atoms with van der Waals surface area (Å²) in [5.41, 5.74) is 7.81.